The van der Waals surface area contributed by atoms with Gasteiger partial charge in [-0.2, -0.15) is 0 Å². The highest BCUT2D eigenvalue weighted by molar-refractivity contribution is 5.85. The fourth-order valence-electron chi connectivity index (χ4n) is 2.19. The molecule has 0 aliphatic heterocycles. The van der Waals surface area contributed by atoms with Crippen LogP contribution in [0.25, 0.3) is 10.8 Å². The molecule has 0 spiro atoms. The van der Waals surface area contributed by atoms with Crippen molar-refractivity contribution in [2.45, 2.75) is 39.5 Å². The lowest BCUT2D eigenvalue weighted by molar-refractivity contribution is 0.305. The summed E-state index contributed by atoms with van der Waals surface area (Å²) in [5.41, 5.74) is 0.681. The predicted octanol–water partition coefficient (Wildman–Crippen LogP) is 5.25. The average molecular weight is 260 g/mol. The molecule has 0 fully saturated rings. The zero-order valence-corrected chi connectivity index (χ0v) is 11.7. The zero-order chi connectivity index (χ0) is 13.7. The number of hydrogen-bond acceptors (Lipinski definition) is 1. The largest absolute Gasteiger partial charge is 0.494 e. The zero-order valence-electron chi connectivity index (χ0n) is 11.7. The summed E-state index contributed by atoms with van der Waals surface area (Å²) < 4.78 is 19.6. The van der Waals surface area contributed by atoms with Gasteiger partial charge in [-0.15, -0.1) is 0 Å². The lowest BCUT2D eigenvalue weighted by Gasteiger charge is -2.08. The molecule has 0 N–H and O–H groups in total. The monoisotopic (exact) mass is 260 g/mol. The van der Waals surface area contributed by atoms with Gasteiger partial charge in [0, 0.05) is 5.39 Å². The lowest BCUT2D eigenvalue weighted by Crippen LogP contribution is -1.97. The quantitative estimate of drug-likeness (QED) is 0.645. The minimum absolute atomic E-state index is 0.132. The minimum atomic E-state index is -0.132. The standard InChI is InChI=1S/C17H21FO/c1-3-4-5-6-11-19-15-9-10-16-14(12-15)8-7-13(2)17(16)18/h7-10,12H,3-6,11H2,1-2H3. The summed E-state index contributed by atoms with van der Waals surface area (Å²) in [4.78, 5) is 0. The first-order valence-electron chi connectivity index (χ1n) is 7.04. The summed E-state index contributed by atoms with van der Waals surface area (Å²) in [5, 5.41) is 1.56. The topological polar surface area (TPSA) is 9.23 Å². The molecule has 0 aliphatic rings. The maximum absolute atomic E-state index is 13.9. The van der Waals surface area contributed by atoms with Crippen LogP contribution in [0.1, 0.15) is 38.2 Å². The molecule has 2 aromatic carbocycles. The molecule has 19 heavy (non-hydrogen) atoms. The SMILES string of the molecule is CCCCCCOc1ccc2c(F)c(C)ccc2c1. The Morgan fingerprint density at radius 2 is 1.89 bits per heavy atom. The van der Waals surface area contributed by atoms with Crippen LogP contribution >= 0.6 is 0 Å². The first-order valence-corrected chi connectivity index (χ1v) is 7.04. The molecule has 0 aliphatic carbocycles. The third kappa shape index (κ3) is 3.46. The van der Waals surface area contributed by atoms with E-state index in [0.29, 0.717) is 10.9 Å². The number of rotatable bonds is 6. The van der Waals surface area contributed by atoms with Crippen LogP contribution < -0.4 is 4.74 Å². The molecule has 0 atom stereocenters. The van der Waals surface area contributed by atoms with E-state index in [1.807, 2.05) is 24.3 Å². The third-order valence-corrected chi connectivity index (χ3v) is 3.39. The summed E-state index contributed by atoms with van der Waals surface area (Å²) in [6.45, 7) is 4.72. The Hall–Kier alpha value is -1.57. The fourth-order valence-corrected chi connectivity index (χ4v) is 2.19. The van der Waals surface area contributed by atoms with Gasteiger partial charge in [0.2, 0.25) is 0 Å². The Morgan fingerprint density at radius 3 is 2.68 bits per heavy atom. The minimum Gasteiger partial charge on any atom is -0.494 e. The summed E-state index contributed by atoms with van der Waals surface area (Å²) >= 11 is 0. The fraction of sp³-hybridized carbons (Fsp3) is 0.412. The lowest BCUT2D eigenvalue weighted by atomic mass is 10.1. The Bertz CT molecular complexity index is 548. The molecule has 2 aromatic rings. The van der Waals surface area contributed by atoms with Crippen molar-refractivity contribution in [1.82, 2.24) is 0 Å². The molecule has 0 heterocycles. The van der Waals surface area contributed by atoms with Crippen molar-refractivity contribution < 1.29 is 9.13 Å². The highest BCUT2D eigenvalue weighted by atomic mass is 19.1. The van der Waals surface area contributed by atoms with Gasteiger partial charge in [-0.1, -0.05) is 38.3 Å². The van der Waals surface area contributed by atoms with Crippen molar-refractivity contribution in [3.05, 3.63) is 41.7 Å². The van der Waals surface area contributed by atoms with Crippen LogP contribution in [0.2, 0.25) is 0 Å². The molecule has 0 aromatic heterocycles. The average Bonchev–Trinajstić information content (AvgIpc) is 2.43. The second-order valence-electron chi connectivity index (χ2n) is 4.99. The Balaban J connectivity index is 2.04. The molecule has 0 saturated heterocycles. The van der Waals surface area contributed by atoms with Crippen LogP contribution in [-0.2, 0) is 0 Å². The first kappa shape index (κ1) is 13.9. The van der Waals surface area contributed by atoms with Gasteiger partial charge in [0.1, 0.15) is 11.6 Å². The molecule has 102 valence electrons. The normalized spacial score (nSPS) is 10.9. The third-order valence-electron chi connectivity index (χ3n) is 3.39. The molecule has 0 bridgehead atoms. The van der Waals surface area contributed by atoms with Gasteiger partial charge in [-0.05, 0) is 42.5 Å². The number of fused-ring (bicyclic) bond motifs is 1. The molecule has 0 radical (unpaired) electrons. The number of unbranched alkanes of at least 4 members (excludes halogenated alkanes) is 3. The Labute approximate surface area is 114 Å². The molecule has 0 saturated carbocycles. The van der Waals surface area contributed by atoms with Gasteiger partial charge in [0.15, 0.2) is 0 Å². The predicted molar refractivity (Wildman–Crippen MR) is 78.3 cm³/mol. The molecule has 2 heteroatoms. The smallest absolute Gasteiger partial charge is 0.133 e. The molecule has 1 nitrogen and oxygen atoms in total. The highest BCUT2D eigenvalue weighted by Crippen LogP contribution is 2.25. The van der Waals surface area contributed by atoms with Gasteiger partial charge < -0.3 is 4.74 Å². The number of hydrogen-bond donors (Lipinski definition) is 0. The summed E-state index contributed by atoms with van der Waals surface area (Å²) in [6, 6.07) is 9.32. The summed E-state index contributed by atoms with van der Waals surface area (Å²) in [6.07, 6.45) is 4.77. The van der Waals surface area contributed by atoms with Crippen molar-refractivity contribution in [3.63, 3.8) is 0 Å². The van der Waals surface area contributed by atoms with Gasteiger partial charge in [0.25, 0.3) is 0 Å². The maximum Gasteiger partial charge on any atom is 0.133 e. The van der Waals surface area contributed by atoms with Crippen molar-refractivity contribution >= 4 is 10.8 Å². The van der Waals surface area contributed by atoms with Crippen LogP contribution in [0.3, 0.4) is 0 Å². The molecule has 2 rings (SSSR count). The van der Waals surface area contributed by atoms with E-state index in [9.17, 15) is 4.39 Å². The van der Waals surface area contributed by atoms with E-state index in [1.54, 1.807) is 13.0 Å². The summed E-state index contributed by atoms with van der Waals surface area (Å²) in [7, 11) is 0. The van der Waals surface area contributed by atoms with Crippen LogP contribution in [0.15, 0.2) is 30.3 Å². The Kier molecular flexibility index (Phi) is 4.78. The van der Waals surface area contributed by atoms with E-state index in [4.69, 9.17) is 4.74 Å². The first-order chi connectivity index (χ1) is 9.22. The van der Waals surface area contributed by atoms with E-state index >= 15 is 0 Å². The number of ether oxygens (including phenoxy) is 1. The van der Waals surface area contributed by atoms with E-state index in [2.05, 4.69) is 6.92 Å². The molecular formula is C17H21FO. The maximum atomic E-state index is 13.9. The summed E-state index contributed by atoms with van der Waals surface area (Å²) in [5.74, 6) is 0.694. The number of aryl methyl sites for hydroxylation is 1. The van der Waals surface area contributed by atoms with E-state index in [0.717, 1.165) is 24.2 Å². The van der Waals surface area contributed by atoms with Gasteiger partial charge >= 0.3 is 0 Å². The van der Waals surface area contributed by atoms with E-state index < -0.39 is 0 Å². The second-order valence-corrected chi connectivity index (χ2v) is 4.99. The highest BCUT2D eigenvalue weighted by Gasteiger charge is 2.05. The molecular weight excluding hydrogens is 239 g/mol. The van der Waals surface area contributed by atoms with Crippen molar-refractivity contribution in [3.8, 4) is 5.75 Å². The molecule has 0 amide bonds. The van der Waals surface area contributed by atoms with Crippen LogP contribution in [-0.4, -0.2) is 6.61 Å². The van der Waals surface area contributed by atoms with Crippen molar-refractivity contribution in [1.29, 1.82) is 0 Å². The van der Waals surface area contributed by atoms with Gasteiger partial charge in [-0.25, -0.2) is 4.39 Å². The number of halogens is 1. The second kappa shape index (κ2) is 6.55. The van der Waals surface area contributed by atoms with E-state index in [1.165, 1.54) is 19.3 Å². The van der Waals surface area contributed by atoms with Crippen molar-refractivity contribution in [2.24, 2.45) is 0 Å². The Morgan fingerprint density at radius 1 is 1.05 bits per heavy atom. The van der Waals surface area contributed by atoms with Crippen LogP contribution in [0.4, 0.5) is 4.39 Å². The van der Waals surface area contributed by atoms with Crippen LogP contribution in [0.5, 0.6) is 5.75 Å². The van der Waals surface area contributed by atoms with Crippen LogP contribution in [0, 0.1) is 12.7 Å². The van der Waals surface area contributed by atoms with Gasteiger partial charge in [0.05, 0.1) is 6.61 Å². The van der Waals surface area contributed by atoms with E-state index in [-0.39, 0.29) is 5.82 Å². The van der Waals surface area contributed by atoms with Crippen molar-refractivity contribution in [2.75, 3.05) is 6.61 Å². The number of benzene rings is 2. The van der Waals surface area contributed by atoms with Gasteiger partial charge in [-0.3, -0.25) is 0 Å². The molecule has 0 unspecified atom stereocenters.